The average Bonchev–Trinajstić information content (AvgIpc) is 2.37. The predicted molar refractivity (Wildman–Crippen MR) is 66.6 cm³/mol. The van der Waals surface area contributed by atoms with Crippen LogP contribution in [0.1, 0.15) is 15.9 Å². The third kappa shape index (κ3) is 2.75. The first kappa shape index (κ1) is 14.3. The van der Waals surface area contributed by atoms with Crippen LogP contribution in [0.3, 0.4) is 0 Å². The predicted octanol–water partition coefficient (Wildman–Crippen LogP) is 4.12. The lowest BCUT2D eigenvalue weighted by Gasteiger charge is -2.13. The van der Waals surface area contributed by atoms with Crippen LogP contribution in [0, 0.1) is 0 Å². The number of benzene rings is 1. The summed E-state index contributed by atoms with van der Waals surface area (Å²) in [5, 5.41) is 8.72. The van der Waals surface area contributed by atoms with Gasteiger partial charge in [-0.25, -0.2) is 4.79 Å². The van der Waals surface area contributed by atoms with Crippen LogP contribution < -0.4 is 0 Å². The lowest BCUT2D eigenvalue weighted by atomic mass is 10.0. The molecule has 2 aromatic rings. The summed E-state index contributed by atoms with van der Waals surface area (Å²) in [6, 6.07) is 4.37. The van der Waals surface area contributed by atoms with Crippen LogP contribution in [0.4, 0.5) is 13.2 Å². The smallest absolute Gasteiger partial charge is 0.417 e. The van der Waals surface area contributed by atoms with Crippen LogP contribution in [-0.2, 0) is 6.18 Å². The number of hydrogen-bond donors (Lipinski definition) is 1. The Balaban J connectivity index is 2.61. The largest absolute Gasteiger partial charge is 0.478 e. The van der Waals surface area contributed by atoms with Crippen molar-refractivity contribution < 1.29 is 23.1 Å². The van der Waals surface area contributed by atoms with Crippen molar-refractivity contribution in [2.75, 3.05) is 0 Å². The Hall–Kier alpha value is -2.08. The van der Waals surface area contributed by atoms with E-state index in [9.17, 15) is 18.0 Å². The van der Waals surface area contributed by atoms with Gasteiger partial charge in [0.2, 0.25) is 0 Å². The highest BCUT2D eigenvalue weighted by molar-refractivity contribution is 6.33. The van der Waals surface area contributed by atoms with Crippen LogP contribution in [0.15, 0.2) is 36.7 Å². The van der Waals surface area contributed by atoms with Crippen molar-refractivity contribution in [3.63, 3.8) is 0 Å². The fourth-order valence-corrected chi connectivity index (χ4v) is 2.01. The zero-order chi connectivity index (χ0) is 14.9. The van der Waals surface area contributed by atoms with E-state index in [1.54, 1.807) is 0 Å². The molecule has 1 aromatic heterocycles. The second-order valence-corrected chi connectivity index (χ2v) is 4.33. The molecule has 0 amide bonds. The van der Waals surface area contributed by atoms with Crippen molar-refractivity contribution >= 4 is 17.6 Å². The molecule has 0 aliphatic rings. The Kier molecular flexibility index (Phi) is 3.67. The van der Waals surface area contributed by atoms with Gasteiger partial charge in [-0.15, -0.1) is 0 Å². The van der Waals surface area contributed by atoms with Gasteiger partial charge in [0.15, 0.2) is 0 Å². The van der Waals surface area contributed by atoms with Gasteiger partial charge < -0.3 is 5.11 Å². The third-order valence-electron chi connectivity index (χ3n) is 2.63. The van der Waals surface area contributed by atoms with Gasteiger partial charge in [-0.2, -0.15) is 13.2 Å². The summed E-state index contributed by atoms with van der Waals surface area (Å²) < 4.78 is 38.7. The number of nitrogens with zero attached hydrogens (tertiary/aromatic N) is 1. The fraction of sp³-hybridized carbons (Fsp3) is 0.0769. The van der Waals surface area contributed by atoms with Gasteiger partial charge in [0.25, 0.3) is 0 Å². The normalized spacial score (nSPS) is 11.4. The maximum absolute atomic E-state index is 12.9. The third-order valence-corrected chi connectivity index (χ3v) is 2.95. The highest BCUT2D eigenvalue weighted by atomic mass is 35.5. The van der Waals surface area contributed by atoms with E-state index < -0.39 is 17.7 Å². The van der Waals surface area contributed by atoms with E-state index in [4.69, 9.17) is 16.7 Å². The Labute approximate surface area is 116 Å². The van der Waals surface area contributed by atoms with Crippen LogP contribution in [0.25, 0.3) is 11.1 Å². The second kappa shape index (κ2) is 5.13. The number of aromatic carboxylic acids is 1. The van der Waals surface area contributed by atoms with Gasteiger partial charge in [0.05, 0.1) is 11.1 Å². The van der Waals surface area contributed by atoms with E-state index in [-0.39, 0.29) is 21.7 Å². The van der Waals surface area contributed by atoms with Crippen molar-refractivity contribution in [1.82, 2.24) is 4.98 Å². The van der Waals surface area contributed by atoms with Gasteiger partial charge >= 0.3 is 12.1 Å². The SMILES string of the molecule is O=C(O)c1ccc(-c2cnccc2C(F)(F)F)c(Cl)c1. The molecule has 104 valence electrons. The molecule has 1 heterocycles. The number of carboxylic acids is 1. The second-order valence-electron chi connectivity index (χ2n) is 3.92. The maximum Gasteiger partial charge on any atom is 0.417 e. The lowest BCUT2D eigenvalue weighted by molar-refractivity contribution is -0.137. The topological polar surface area (TPSA) is 50.2 Å². The quantitative estimate of drug-likeness (QED) is 0.907. The minimum absolute atomic E-state index is 0.0802. The van der Waals surface area contributed by atoms with E-state index in [0.717, 1.165) is 24.5 Å². The zero-order valence-corrected chi connectivity index (χ0v) is 10.5. The summed E-state index contributed by atoms with van der Waals surface area (Å²) in [5.41, 5.74) is -1.09. The van der Waals surface area contributed by atoms with E-state index in [0.29, 0.717) is 0 Å². The first-order valence-corrected chi connectivity index (χ1v) is 5.73. The molecule has 0 unspecified atom stereocenters. The van der Waals surface area contributed by atoms with E-state index in [2.05, 4.69) is 4.98 Å². The molecule has 0 atom stereocenters. The Morgan fingerprint density at radius 1 is 1.20 bits per heavy atom. The number of carbonyl (C=O) groups is 1. The molecule has 0 saturated carbocycles. The standard InChI is InChI=1S/C13H7ClF3NO2/c14-11-5-7(12(19)20)1-2-8(11)9-6-18-4-3-10(9)13(15,16)17/h1-6H,(H,19,20). The fourth-order valence-electron chi connectivity index (χ4n) is 1.72. The number of alkyl halides is 3. The van der Waals surface area contributed by atoms with Crippen molar-refractivity contribution in [3.05, 3.63) is 52.8 Å². The molecule has 7 heteroatoms. The molecule has 0 aliphatic carbocycles. The van der Waals surface area contributed by atoms with Crippen LogP contribution in [-0.4, -0.2) is 16.1 Å². The molecular weight excluding hydrogens is 295 g/mol. The molecule has 1 N–H and O–H groups in total. The van der Waals surface area contributed by atoms with Crippen molar-refractivity contribution in [3.8, 4) is 11.1 Å². The first-order chi connectivity index (χ1) is 9.30. The summed E-state index contributed by atoms with van der Waals surface area (Å²) in [4.78, 5) is 14.4. The number of hydrogen-bond acceptors (Lipinski definition) is 2. The highest BCUT2D eigenvalue weighted by Gasteiger charge is 2.34. The van der Waals surface area contributed by atoms with E-state index in [1.165, 1.54) is 12.1 Å². The average molecular weight is 302 g/mol. The zero-order valence-electron chi connectivity index (χ0n) is 9.78. The summed E-state index contributed by atoms with van der Waals surface area (Å²) in [6.45, 7) is 0. The summed E-state index contributed by atoms with van der Waals surface area (Å²) >= 11 is 5.87. The molecule has 0 bridgehead atoms. The number of carboxylic acid groups (broad SMARTS) is 1. The number of pyridine rings is 1. The molecule has 3 nitrogen and oxygen atoms in total. The molecule has 2 rings (SSSR count). The number of rotatable bonds is 2. The van der Waals surface area contributed by atoms with Gasteiger partial charge in [-0.1, -0.05) is 17.7 Å². The molecule has 0 fully saturated rings. The maximum atomic E-state index is 12.9. The Bertz CT molecular complexity index is 671. The molecule has 0 saturated heterocycles. The summed E-state index contributed by atoms with van der Waals surface area (Å²) in [5.74, 6) is -1.21. The van der Waals surface area contributed by atoms with Gasteiger partial charge in [0.1, 0.15) is 0 Å². The minimum Gasteiger partial charge on any atom is -0.478 e. The molecule has 0 spiro atoms. The van der Waals surface area contributed by atoms with Crippen LogP contribution in [0.2, 0.25) is 5.02 Å². The highest BCUT2D eigenvalue weighted by Crippen LogP contribution is 2.39. The van der Waals surface area contributed by atoms with Crippen molar-refractivity contribution in [2.24, 2.45) is 0 Å². The summed E-state index contributed by atoms with van der Waals surface area (Å²) in [6.07, 6.45) is -2.47. The molecule has 20 heavy (non-hydrogen) atoms. The number of aromatic nitrogens is 1. The van der Waals surface area contributed by atoms with Crippen molar-refractivity contribution in [2.45, 2.75) is 6.18 Å². The first-order valence-electron chi connectivity index (χ1n) is 5.35. The Morgan fingerprint density at radius 2 is 1.90 bits per heavy atom. The monoisotopic (exact) mass is 301 g/mol. The number of halogens is 4. The molecule has 1 aromatic carbocycles. The molecule has 0 aliphatic heterocycles. The van der Waals surface area contributed by atoms with Gasteiger partial charge in [-0.05, 0) is 18.2 Å². The summed E-state index contributed by atoms with van der Waals surface area (Å²) in [7, 11) is 0. The van der Waals surface area contributed by atoms with Crippen LogP contribution in [0.5, 0.6) is 0 Å². The minimum atomic E-state index is -4.55. The van der Waals surface area contributed by atoms with E-state index in [1.807, 2.05) is 0 Å². The van der Waals surface area contributed by atoms with Gasteiger partial charge in [0, 0.05) is 28.5 Å². The molecule has 0 radical (unpaired) electrons. The lowest BCUT2D eigenvalue weighted by Crippen LogP contribution is -2.07. The van der Waals surface area contributed by atoms with Crippen LogP contribution >= 0.6 is 11.6 Å². The molecular formula is C13H7ClF3NO2. The van der Waals surface area contributed by atoms with E-state index >= 15 is 0 Å². The van der Waals surface area contributed by atoms with Crippen molar-refractivity contribution in [1.29, 1.82) is 0 Å². The Morgan fingerprint density at radius 3 is 2.45 bits per heavy atom. The van der Waals surface area contributed by atoms with Gasteiger partial charge in [-0.3, -0.25) is 4.98 Å².